The first kappa shape index (κ1) is 15.1. The lowest BCUT2D eigenvalue weighted by molar-refractivity contribution is 0.0461. The zero-order valence-corrected chi connectivity index (χ0v) is 14.2. The summed E-state index contributed by atoms with van der Waals surface area (Å²) in [6.45, 7) is 2.02. The second kappa shape index (κ2) is 5.97. The number of carbonyl (C=O) groups is 1. The quantitative estimate of drug-likeness (QED) is 0.632. The minimum Gasteiger partial charge on any atom is -0.456 e. The van der Waals surface area contributed by atoms with Gasteiger partial charge in [-0.1, -0.05) is 0 Å². The second-order valence-corrected chi connectivity index (χ2v) is 5.93. The van der Waals surface area contributed by atoms with E-state index in [0.29, 0.717) is 15.7 Å². The number of ether oxygens (including phenoxy) is 1. The van der Waals surface area contributed by atoms with Crippen molar-refractivity contribution >= 4 is 43.5 Å². The summed E-state index contributed by atoms with van der Waals surface area (Å²) in [5.74, 6) is -0.435. The molecule has 1 aromatic carbocycles. The first-order valence-electron chi connectivity index (χ1n) is 5.80. The molecule has 0 saturated heterocycles. The third-order valence-electron chi connectivity index (χ3n) is 2.81. The molecule has 2 rings (SSSR count). The Morgan fingerprint density at radius 3 is 2.75 bits per heavy atom. The van der Waals surface area contributed by atoms with Gasteiger partial charge in [0.05, 0.1) is 21.4 Å². The molecule has 106 valence electrons. The third-order valence-corrected chi connectivity index (χ3v) is 4.53. The lowest BCUT2D eigenvalue weighted by Gasteiger charge is -2.08. The molecule has 20 heavy (non-hydrogen) atoms. The minimum absolute atomic E-state index is 0.137. The van der Waals surface area contributed by atoms with Crippen LogP contribution in [0.4, 0.5) is 5.69 Å². The van der Waals surface area contributed by atoms with Crippen LogP contribution in [0, 0.1) is 6.92 Å². The number of hydrogen-bond donors (Lipinski definition) is 1. The molecule has 0 saturated carbocycles. The fourth-order valence-corrected chi connectivity index (χ4v) is 2.61. The molecule has 7 heteroatoms. The largest absolute Gasteiger partial charge is 0.456 e. The molecule has 0 amide bonds. The van der Waals surface area contributed by atoms with Crippen LogP contribution in [-0.2, 0) is 18.4 Å². The second-order valence-electron chi connectivity index (χ2n) is 4.29. The number of esters is 1. The molecule has 0 aliphatic carbocycles. The van der Waals surface area contributed by atoms with E-state index in [1.807, 2.05) is 6.92 Å². The van der Waals surface area contributed by atoms with E-state index < -0.39 is 5.97 Å². The molecular weight excluding hydrogens is 390 g/mol. The van der Waals surface area contributed by atoms with Crippen LogP contribution in [0.2, 0.25) is 0 Å². The van der Waals surface area contributed by atoms with Crippen LogP contribution < -0.4 is 5.73 Å². The molecule has 0 aliphatic rings. The van der Waals surface area contributed by atoms with Gasteiger partial charge in [0.1, 0.15) is 6.61 Å². The Morgan fingerprint density at radius 1 is 1.45 bits per heavy atom. The highest BCUT2D eigenvalue weighted by molar-refractivity contribution is 9.10. The van der Waals surface area contributed by atoms with Crippen molar-refractivity contribution in [1.82, 2.24) is 9.78 Å². The molecule has 0 radical (unpaired) electrons. The maximum Gasteiger partial charge on any atom is 0.339 e. The summed E-state index contributed by atoms with van der Waals surface area (Å²) in [4.78, 5) is 12.1. The van der Waals surface area contributed by atoms with Crippen molar-refractivity contribution in [3.63, 3.8) is 0 Å². The molecule has 1 aromatic heterocycles. The van der Waals surface area contributed by atoms with Gasteiger partial charge in [-0.25, -0.2) is 4.79 Å². The van der Waals surface area contributed by atoms with E-state index >= 15 is 0 Å². The fraction of sp³-hybridized carbons (Fsp3) is 0.231. The zero-order valence-electron chi connectivity index (χ0n) is 11.0. The minimum atomic E-state index is -0.435. The van der Waals surface area contributed by atoms with E-state index in [2.05, 4.69) is 37.0 Å². The first-order chi connectivity index (χ1) is 9.40. The number of hydrogen-bond acceptors (Lipinski definition) is 4. The van der Waals surface area contributed by atoms with Crippen molar-refractivity contribution in [3.05, 3.63) is 44.1 Å². The van der Waals surface area contributed by atoms with Gasteiger partial charge in [0, 0.05) is 17.2 Å². The third kappa shape index (κ3) is 3.04. The Morgan fingerprint density at radius 2 is 2.15 bits per heavy atom. The molecule has 1 heterocycles. The lowest BCUT2D eigenvalue weighted by atomic mass is 10.2. The molecule has 0 aliphatic heterocycles. The van der Waals surface area contributed by atoms with Crippen molar-refractivity contribution in [1.29, 1.82) is 0 Å². The summed E-state index contributed by atoms with van der Waals surface area (Å²) in [7, 11) is 1.80. The van der Waals surface area contributed by atoms with E-state index in [4.69, 9.17) is 10.5 Å². The topological polar surface area (TPSA) is 70.1 Å². The predicted octanol–water partition coefficient (Wildman–Crippen LogP) is 3.19. The smallest absolute Gasteiger partial charge is 0.339 e. The van der Waals surface area contributed by atoms with E-state index in [0.717, 1.165) is 15.9 Å². The van der Waals surface area contributed by atoms with Crippen LogP contribution in [0.25, 0.3) is 0 Å². The van der Waals surface area contributed by atoms with E-state index in [9.17, 15) is 4.79 Å². The molecule has 0 fully saturated rings. The van der Waals surface area contributed by atoms with Gasteiger partial charge in [-0.2, -0.15) is 5.10 Å². The zero-order chi connectivity index (χ0) is 14.9. The molecule has 0 atom stereocenters. The Bertz CT molecular complexity index is 668. The number of nitrogens with two attached hydrogens (primary N) is 1. The van der Waals surface area contributed by atoms with E-state index in [1.54, 1.807) is 29.9 Å². The maximum absolute atomic E-state index is 12.1. The molecule has 5 nitrogen and oxygen atoms in total. The van der Waals surface area contributed by atoms with Crippen molar-refractivity contribution in [2.75, 3.05) is 5.73 Å². The first-order valence-corrected chi connectivity index (χ1v) is 7.39. The highest BCUT2D eigenvalue weighted by Crippen LogP contribution is 2.23. The van der Waals surface area contributed by atoms with Gasteiger partial charge in [0.25, 0.3) is 0 Å². The van der Waals surface area contributed by atoms with Gasteiger partial charge in [-0.3, -0.25) is 4.68 Å². The summed E-state index contributed by atoms with van der Waals surface area (Å²) >= 11 is 6.74. The summed E-state index contributed by atoms with van der Waals surface area (Å²) in [6.07, 6.45) is 0. The summed E-state index contributed by atoms with van der Waals surface area (Å²) < 4.78 is 8.49. The molecule has 0 bridgehead atoms. The van der Waals surface area contributed by atoms with Gasteiger partial charge in [0.15, 0.2) is 0 Å². The SMILES string of the molecule is Cc1nn(C)c(COC(=O)c2cc(N)ccc2Br)c1Br. The van der Waals surface area contributed by atoms with Crippen molar-refractivity contribution in [3.8, 4) is 0 Å². The van der Waals surface area contributed by atoms with Gasteiger partial charge in [-0.15, -0.1) is 0 Å². The van der Waals surface area contributed by atoms with Crippen molar-refractivity contribution in [2.45, 2.75) is 13.5 Å². The number of carbonyl (C=O) groups excluding carboxylic acids is 1. The number of nitrogen functional groups attached to an aromatic ring is 1. The van der Waals surface area contributed by atoms with Crippen LogP contribution in [0.5, 0.6) is 0 Å². The van der Waals surface area contributed by atoms with Crippen LogP contribution in [0.3, 0.4) is 0 Å². The van der Waals surface area contributed by atoms with Crippen molar-refractivity contribution < 1.29 is 9.53 Å². The average Bonchev–Trinajstić information content (AvgIpc) is 2.64. The summed E-state index contributed by atoms with van der Waals surface area (Å²) in [5, 5.41) is 4.24. The number of benzene rings is 1. The van der Waals surface area contributed by atoms with Gasteiger partial charge < -0.3 is 10.5 Å². The fourth-order valence-electron chi connectivity index (χ4n) is 1.75. The van der Waals surface area contributed by atoms with E-state index in [1.165, 1.54) is 0 Å². The lowest BCUT2D eigenvalue weighted by Crippen LogP contribution is -2.09. The Hall–Kier alpha value is -1.34. The summed E-state index contributed by atoms with van der Waals surface area (Å²) in [5.41, 5.74) is 8.24. The summed E-state index contributed by atoms with van der Waals surface area (Å²) in [6, 6.07) is 5.01. The highest BCUT2D eigenvalue weighted by atomic mass is 79.9. The van der Waals surface area contributed by atoms with Gasteiger partial charge in [0.2, 0.25) is 0 Å². The molecule has 2 N–H and O–H groups in total. The normalized spacial score (nSPS) is 10.6. The van der Waals surface area contributed by atoms with Crippen LogP contribution in [-0.4, -0.2) is 15.7 Å². The van der Waals surface area contributed by atoms with Crippen LogP contribution in [0.15, 0.2) is 27.1 Å². The maximum atomic E-state index is 12.1. The molecular formula is C13H13Br2N3O2. The molecule has 0 unspecified atom stereocenters. The predicted molar refractivity (Wildman–Crippen MR) is 83.3 cm³/mol. The number of rotatable bonds is 3. The number of nitrogens with zero attached hydrogens (tertiary/aromatic N) is 2. The number of aromatic nitrogens is 2. The van der Waals surface area contributed by atoms with Crippen LogP contribution >= 0.6 is 31.9 Å². The molecule has 2 aromatic rings. The standard InChI is InChI=1S/C13H13Br2N3O2/c1-7-12(15)11(18(2)17-7)6-20-13(19)9-5-8(16)3-4-10(9)14/h3-5H,6,16H2,1-2H3. The highest BCUT2D eigenvalue weighted by Gasteiger charge is 2.16. The molecule has 0 spiro atoms. The monoisotopic (exact) mass is 401 g/mol. The van der Waals surface area contributed by atoms with E-state index in [-0.39, 0.29) is 6.61 Å². The Kier molecular flexibility index (Phi) is 4.49. The van der Waals surface area contributed by atoms with Gasteiger partial charge in [-0.05, 0) is 57.0 Å². The Balaban J connectivity index is 2.15. The number of halogens is 2. The number of aryl methyl sites for hydroxylation is 2. The average molecular weight is 403 g/mol. The van der Waals surface area contributed by atoms with Crippen molar-refractivity contribution in [2.24, 2.45) is 7.05 Å². The Labute approximate surface area is 133 Å². The number of anilines is 1. The van der Waals surface area contributed by atoms with Gasteiger partial charge >= 0.3 is 5.97 Å². The van der Waals surface area contributed by atoms with Crippen LogP contribution in [0.1, 0.15) is 21.7 Å².